The Labute approximate surface area is 119 Å². The quantitative estimate of drug-likeness (QED) is 0.917. The summed E-state index contributed by atoms with van der Waals surface area (Å²) in [6.07, 6.45) is 4.03. The van der Waals surface area contributed by atoms with E-state index in [-0.39, 0.29) is 18.4 Å². The number of methoxy groups -OCH3 is 1. The molecule has 1 aromatic carbocycles. The van der Waals surface area contributed by atoms with Crippen LogP contribution in [0.3, 0.4) is 0 Å². The maximum atomic E-state index is 6.03. The number of hydrogen-bond acceptors (Lipinski definition) is 3. The summed E-state index contributed by atoms with van der Waals surface area (Å²) in [5.41, 5.74) is 8.42. The Morgan fingerprint density at radius 2 is 2.05 bits per heavy atom. The highest BCUT2D eigenvalue weighted by Gasteiger charge is 2.19. The van der Waals surface area contributed by atoms with Gasteiger partial charge >= 0.3 is 0 Å². The minimum absolute atomic E-state index is 0. The fourth-order valence-electron chi connectivity index (χ4n) is 2.44. The van der Waals surface area contributed by atoms with E-state index >= 15 is 0 Å². The van der Waals surface area contributed by atoms with Crippen LogP contribution in [0, 0.1) is 0 Å². The van der Waals surface area contributed by atoms with Gasteiger partial charge in [-0.1, -0.05) is 0 Å². The number of ether oxygens (including phenoxy) is 1. The number of nitrogens with zero attached hydrogens (tertiary/aromatic N) is 2. The first-order valence-electron chi connectivity index (χ1n) is 6.22. The number of hydrogen-bond donors (Lipinski definition) is 1. The first-order chi connectivity index (χ1) is 8.78. The van der Waals surface area contributed by atoms with E-state index in [0.717, 1.165) is 36.5 Å². The number of benzene rings is 1. The molecule has 0 amide bonds. The fourth-order valence-corrected chi connectivity index (χ4v) is 2.44. The van der Waals surface area contributed by atoms with Crippen LogP contribution in [-0.4, -0.2) is 22.7 Å². The van der Waals surface area contributed by atoms with Gasteiger partial charge in [0.2, 0.25) is 0 Å². The van der Waals surface area contributed by atoms with Crippen molar-refractivity contribution in [3.63, 3.8) is 0 Å². The Bertz CT molecular complexity index is 550. The van der Waals surface area contributed by atoms with Crippen molar-refractivity contribution in [2.24, 2.45) is 5.73 Å². The molecule has 1 aromatic heterocycles. The van der Waals surface area contributed by atoms with Crippen LogP contribution >= 0.6 is 12.4 Å². The summed E-state index contributed by atoms with van der Waals surface area (Å²) < 4.78 is 7.40. The van der Waals surface area contributed by atoms with E-state index < -0.39 is 0 Å². The molecule has 0 fully saturated rings. The standard InChI is InChI=1S/C14H17N3O.ClH/c1-18-13-6-2-10(3-7-13)14-16-8-12-5-4-11(15)9-17(12)14;/h2-3,6-8,11H,4-5,9,15H2,1H3;1H. The number of aromatic nitrogens is 2. The molecule has 3 rings (SSSR count). The molecule has 2 N–H and O–H groups in total. The van der Waals surface area contributed by atoms with E-state index in [1.807, 2.05) is 30.5 Å². The van der Waals surface area contributed by atoms with Crippen LogP contribution < -0.4 is 10.5 Å². The molecular formula is C14H18ClN3O. The fraction of sp³-hybridized carbons (Fsp3) is 0.357. The van der Waals surface area contributed by atoms with Crippen molar-refractivity contribution in [1.29, 1.82) is 0 Å². The van der Waals surface area contributed by atoms with Crippen LogP contribution in [0.15, 0.2) is 30.5 Å². The number of aryl methyl sites for hydroxylation is 1. The van der Waals surface area contributed by atoms with Gasteiger partial charge in [0.25, 0.3) is 0 Å². The van der Waals surface area contributed by atoms with Crippen LogP contribution in [0.1, 0.15) is 12.1 Å². The molecule has 102 valence electrons. The van der Waals surface area contributed by atoms with E-state index in [1.165, 1.54) is 5.69 Å². The lowest BCUT2D eigenvalue weighted by atomic mass is 10.1. The molecule has 19 heavy (non-hydrogen) atoms. The van der Waals surface area contributed by atoms with E-state index in [2.05, 4.69) is 9.55 Å². The molecule has 1 atom stereocenters. The number of nitrogens with two attached hydrogens (primary N) is 1. The van der Waals surface area contributed by atoms with Gasteiger partial charge < -0.3 is 15.0 Å². The Hall–Kier alpha value is -1.52. The highest BCUT2D eigenvalue weighted by Crippen LogP contribution is 2.25. The SMILES string of the molecule is COc1ccc(-c2ncc3n2CC(N)CC3)cc1.Cl. The molecule has 1 unspecified atom stereocenters. The normalized spacial score (nSPS) is 17.5. The second-order valence-corrected chi connectivity index (χ2v) is 4.71. The second-order valence-electron chi connectivity index (χ2n) is 4.71. The lowest BCUT2D eigenvalue weighted by Gasteiger charge is -2.22. The maximum absolute atomic E-state index is 6.03. The van der Waals surface area contributed by atoms with Gasteiger partial charge in [-0.2, -0.15) is 0 Å². The summed E-state index contributed by atoms with van der Waals surface area (Å²) in [5, 5.41) is 0. The van der Waals surface area contributed by atoms with Gasteiger partial charge in [0, 0.05) is 30.0 Å². The monoisotopic (exact) mass is 279 g/mol. The molecule has 0 bridgehead atoms. The molecule has 2 heterocycles. The van der Waals surface area contributed by atoms with Crippen LogP contribution in [-0.2, 0) is 13.0 Å². The summed E-state index contributed by atoms with van der Waals surface area (Å²) in [6, 6.07) is 8.23. The summed E-state index contributed by atoms with van der Waals surface area (Å²) in [5.74, 6) is 1.86. The van der Waals surface area contributed by atoms with Crippen LogP contribution in [0.2, 0.25) is 0 Å². The number of fused-ring (bicyclic) bond motifs is 1. The van der Waals surface area contributed by atoms with Crippen LogP contribution in [0.25, 0.3) is 11.4 Å². The first-order valence-corrected chi connectivity index (χ1v) is 6.22. The van der Waals surface area contributed by atoms with Crippen molar-refractivity contribution in [3.05, 3.63) is 36.2 Å². The van der Waals surface area contributed by atoms with E-state index in [4.69, 9.17) is 10.5 Å². The Morgan fingerprint density at radius 1 is 1.32 bits per heavy atom. The molecule has 4 nitrogen and oxygen atoms in total. The minimum Gasteiger partial charge on any atom is -0.497 e. The summed E-state index contributed by atoms with van der Waals surface area (Å²) in [4.78, 5) is 4.52. The molecule has 0 aliphatic carbocycles. The first kappa shape index (κ1) is 13.9. The molecule has 0 saturated heterocycles. The molecule has 1 aliphatic heterocycles. The van der Waals surface area contributed by atoms with Gasteiger partial charge in [-0.25, -0.2) is 4.98 Å². The topological polar surface area (TPSA) is 53.1 Å². The largest absolute Gasteiger partial charge is 0.497 e. The average molecular weight is 280 g/mol. The van der Waals surface area contributed by atoms with Crippen molar-refractivity contribution < 1.29 is 4.74 Å². The zero-order valence-electron chi connectivity index (χ0n) is 10.9. The minimum atomic E-state index is 0. The van der Waals surface area contributed by atoms with Gasteiger partial charge in [-0.05, 0) is 37.1 Å². The maximum Gasteiger partial charge on any atom is 0.140 e. The summed E-state index contributed by atoms with van der Waals surface area (Å²) >= 11 is 0. The molecule has 1 aliphatic rings. The zero-order chi connectivity index (χ0) is 12.5. The molecular weight excluding hydrogens is 262 g/mol. The highest BCUT2D eigenvalue weighted by atomic mass is 35.5. The third-order valence-electron chi connectivity index (χ3n) is 3.47. The highest BCUT2D eigenvalue weighted by molar-refractivity contribution is 5.85. The smallest absolute Gasteiger partial charge is 0.140 e. The molecule has 0 radical (unpaired) electrons. The number of halogens is 1. The Kier molecular flexibility index (Phi) is 4.12. The number of rotatable bonds is 2. The van der Waals surface area contributed by atoms with Crippen LogP contribution in [0.5, 0.6) is 5.75 Å². The van der Waals surface area contributed by atoms with Gasteiger partial charge in [0.1, 0.15) is 11.6 Å². The molecule has 5 heteroatoms. The molecule has 0 spiro atoms. The second kappa shape index (κ2) is 5.63. The summed E-state index contributed by atoms with van der Waals surface area (Å²) in [6.45, 7) is 0.858. The lowest BCUT2D eigenvalue weighted by Crippen LogP contribution is -2.31. The van der Waals surface area contributed by atoms with Crippen molar-refractivity contribution in [2.75, 3.05) is 7.11 Å². The number of imidazole rings is 1. The lowest BCUT2D eigenvalue weighted by molar-refractivity contribution is 0.415. The predicted octanol–water partition coefficient (Wildman–Crippen LogP) is 2.25. The predicted molar refractivity (Wildman–Crippen MR) is 77.8 cm³/mol. The third-order valence-corrected chi connectivity index (χ3v) is 3.47. The van der Waals surface area contributed by atoms with E-state index in [0.29, 0.717) is 0 Å². The van der Waals surface area contributed by atoms with Crippen molar-refractivity contribution in [3.8, 4) is 17.1 Å². The van der Waals surface area contributed by atoms with Gasteiger partial charge in [0.05, 0.1) is 7.11 Å². The van der Waals surface area contributed by atoms with Crippen molar-refractivity contribution in [1.82, 2.24) is 9.55 Å². The van der Waals surface area contributed by atoms with Gasteiger partial charge in [0.15, 0.2) is 0 Å². The third kappa shape index (κ3) is 2.60. The van der Waals surface area contributed by atoms with Crippen molar-refractivity contribution >= 4 is 12.4 Å². The Balaban J connectivity index is 0.00000133. The van der Waals surface area contributed by atoms with E-state index in [1.54, 1.807) is 7.11 Å². The van der Waals surface area contributed by atoms with Crippen molar-refractivity contribution in [2.45, 2.75) is 25.4 Å². The summed E-state index contributed by atoms with van der Waals surface area (Å²) in [7, 11) is 1.67. The van der Waals surface area contributed by atoms with E-state index in [9.17, 15) is 0 Å². The Morgan fingerprint density at radius 3 is 2.74 bits per heavy atom. The van der Waals surface area contributed by atoms with Crippen LogP contribution in [0.4, 0.5) is 0 Å². The van der Waals surface area contributed by atoms with Gasteiger partial charge in [-0.3, -0.25) is 0 Å². The zero-order valence-corrected chi connectivity index (χ0v) is 11.7. The van der Waals surface area contributed by atoms with Gasteiger partial charge in [-0.15, -0.1) is 12.4 Å². The molecule has 0 saturated carbocycles. The molecule has 2 aromatic rings. The average Bonchev–Trinajstić information content (AvgIpc) is 2.82.